The highest BCUT2D eigenvalue weighted by Gasteiger charge is 2.45. The van der Waals surface area contributed by atoms with Gasteiger partial charge in [0.25, 0.3) is 0 Å². The molecule has 0 spiro atoms. The van der Waals surface area contributed by atoms with Gasteiger partial charge in [0.1, 0.15) is 6.07 Å². The van der Waals surface area contributed by atoms with Gasteiger partial charge in [-0.05, 0) is 36.7 Å². The SMILES string of the molecule is CC1(c2c(C#N)c(-c3ccccc3)nc3n[nH]c(C4CC4)c23)CC1. The highest BCUT2D eigenvalue weighted by molar-refractivity contribution is 5.90. The van der Waals surface area contributed by atoms with E-state index in [2.05, 4.69) is 23.2 Å². The molecule has 5 rings (SSSR count). The molecule has 3 aromatic rings. The average Bonchev–Trinajstić information content (AvgIpc) is 3.54. The first-order valence-corrected chi connectivity index (χ1v) is 8.59. The van der Waals surface area contributed by atoms with E-state index in [-0.39, 0.29) is 5.41 Å². The van der Waals surface area contributed by atoms with E-state index >= 15 is 0 Å². The molecule has 0 aliphatic heterocycles. The normalized spacial score (nSPS) is 18.5. The predicted octanol–water partition coefficient (Wildman–Crippen LogP) is 4.43. The summed E-state index contributed by atoms with van der Waals surface area (Å²) in [4.78, 5) is 4.78. The smallest absolute Gasteiger partial charge is 0.182 e. The maximum absolute atomic E-state index is 9.97. The largest absolute Gasteiger partial charge is 0.279 e. The molecule has 0 amide bonds. The molecule has 24 heavy (non-hydrogen) atoms. The van der Waals surface area contributed by atoms with Crippen LogP contribution in [-0.4, -0.2) is 15.2 Å². The van der Waals surface area contributed by atoms with Crippen LogP contribution in [0.4, 0.5) is 0 Å². The molecule has 2 saturated carbocycles. The number of pyridine rings is 1. The molecular weight excluding hydrogens is 296 g/mol. The van der Waals surface area contributed by atoms with E-state index in [4.69, 9.17) is 4.98 Å². The number of hydrogen-bond donors (Lipinski definition) is 1. The van der Waals surface area contributed by atoms with Gasteiger partial charge in [0.15, 0.2) is 5.65 Å². The Morgan fingerprint density at radius 3 is 2.58 bits per heavy atom. The second-order valence-electron chi connectivity index (χ2n) is 7.36. The average molecular weight is 314 g/mol. The molecular formula is C20H18N4. The van der Waals surface area contributed by atoms with Crippen molar-refractivity contribution in [3.63, 3.8) is 0 Å². The minimum Gasteiger partial charge on any atom is -0.279 e. The number of nitriles is 1. The molecule has 0 atom stereocenters. The van der Waals surface area contributed by atoms with Crippen molar-refractivity contribution in [2.24, 2.45) is 0 Å². The van der Waals surface area contributed by atoms with Gasteiger partial charge in [-0.1, -0.05) is 37.3 Å². The summed E-state index contributed by atoms with van der Waals surface area (Å²) in [6, 6.07) is 12.5. The van der Waals surface area contributed by atoms with Gasteiger partial charge in [-0.15, -0.1) is 0 Å². The van der Waals surface area contributed by atoms with Crippen LogP contribution in [0.15, 0.2) is 30.3 Å². The number of rotatable bonds is 3. The number of hydrogen-bond acceptors (Lipinski definition) is 3. The number of nitrogens with one attached hydrogen (secondary N) is 1. The Morgan fingerprint density at radius 2 is 1.96 bits per heavy atom. The van der Waals surface area contributed by atoms with Gasteiger partial charge in [0.2, 0.25) is 0 Å². The van der Waals surface area contributed by atoms with Crippen LogP contribution in [0, 0.1) is 11.3 Å². The van der Waals surface area contributed by atoms with Crippen molar-refractivity contribution in [1.82, 2.24) is 15.2 Å². The van der Waals surface area contributed by atoms with E-state index in [0.717, 1.165) is 40.7 Å². The maximum Gasteiger partial charge on any atom is 0.182 e. The summed E-state index contributed by atoms with van der Waals surface area (Å²) < 4.78 is 0. The molecule has 4 heteroatoms. The minimum atomic E-state index is 0.0866. The van der Waals surface area contributed by atoms with Crippen LogP contribution >= 0.6 is 0 Å². The lowest BCUT2D eigenvalue weighted by Crippen LogP contribution is -2.08. The zero-order chi connectivity index (χ0) is 16.3. The number of aromatic amines is 1. The topological polar surface area (TPSA) is 65.4 Å². The summed E-state index contributed by atoms with van der Waals surface area (Å²) in [5.41, 5.74) is 5.69. The standard InChI is InChI=1S/C20H18N4/c1-20(9-10-20)16-14(11-21)17(12-5-3-2-4-6-12)22-19-15(16)18(23-24-19)13-7-8-13/h2-6,13H,7-10H2,1H3,(H,22,23,24). The molecule has 0 saturated heterocycles. The van der Waals surface area contributed by atoms with Crippen LogP contribution in [0.1, 0.15) is 55.3 Å². The molecule has 2 heterocycles. The molecule has 1 N–H and O–H groups in total. The third kappa shape index (κ3) is 1.91. The highest BCUT2D eigenvalue weighted by Crippen LogP contribution is 2.54. The first-order chi connectivity index (χ1) is 11.7. The van der Waals surface area contributed by atoms with E-state index in [1.54, 1.807) is 0 Å². The van der Waals surface area contributed by atoms with Crippen molar-refractivity contribution in [2.75, 3.05) is 0 Å². The Hall–Kier alpha value is -2.67. The molecule has 2 aliphatic rings. The lowest BCUT2D eigenvalue weighted by molar-refractivity contribution is 0.791. The van der Waals surface area contributed by atoms with Gasteiger partial charge in [0, 0.05) is 22.6 Å². The third-order valence-corrected chi connectivity index (χ3v) is 5.48. The second kappa shape index (κ2) is 4.67. The van der Waals surface area contributed by atoms with Crippen LogP contribution in [0.5, 0.6) is 0 Å². The predicted molar refractivity (Wildman–Crippen MR) is 92.6 cm³/mol. The fourth-order valence-electron chi connectivity index (χ4n) is 3.70. The van der Waals surface area contributed by atoms with Crippen molar-refractivity contribution in [3.05, 3.63) is 47.2 Å². The number of nitrogens with zero attached hydrogens (tertiary/aromatic N) is 3. The molecule has 118 valence electrons. The Bertz CT molecular complexity index is 986. The number of aromatic nitrogens is 3. The van der Waals surface area contributed by atoms with Gasteiger partial charge in [0.05, 0.1) is 11.3 Å². The van der Waals surface area contributed by atoms with Gasteiger partial charge in [-0.25, -0.2) is 4.98 Å². The van der Waals surface area contributed by atoms with E-state index in [1.807, 2.05) is 30.3 Å². The number of H-pyrrole nitrogens is 1. The van der Waals surface area contributed by atoms with Crippen LogP contribution in [-0.2, 0) is 5.41 Å². The van der Waals surface area contributed by atoms with E-state index in [1.165, 1.54) is 24.1 Å². The first kappa shape index (κ1) is 13.7. The summed E-state index contributed by atoms with van der Waals surface area (Å²) >= 11 is 0. The Balaban J connectivity index is 1.88. The molecule has 0 bridgehead atoms. The Morgan fingerprint density at radius 1 is 1.21 bits per heavy atom. The lowest BCUT2D eigenvalue weighted by Gasteiger charge is -2.16. The van der Waals surface area contributed by atoms with Crippen molar-refractivity contribution in [2.45, 2.75) is 43.9 Å². The van der Waals surface area contributed by atoms with Crippen LogP contribution in [0.3, 0.4) is 0 Å². The quantitative estimate of drug-likeness (QED) is 0.778. The van der Waals surface area contributed by atoms with E-state index in [9.17, 15) is 5.26 Å². The monoisotopic (exact) mass is 314 g/mol. The maximum atomic E-state index is 9.97. The highest BCUT2D eigenvalue weighted by atomic mass is 15.2. The molecule has 2 aliphatic carbocycles. The lowest BCUT2D eigenvalue weighted by atomic mass is 9.87. The molecule has 1 aromatic carbocycles. The van der Waals surface area contributed by atoms with Gasteiger partial charge >= 0.3 is 0 Å². The fraction of sp³-hybridized carbons (Fsp3) is 0.350. The van der Waals surface area contributed by atoms with Gasteiger partial charge < -0.3 is 0 Å². The zero-order valence-electron chi connectivity index (χ0n) is 13.6. The summed E-state index contributed by atoms with van der Waals surface area (Å²) in [7, 11) is 0. The van der Waals surface area contributed by atoms with E-state index in [0.29, 0.717) is 5.92 Å². The minimum absolute atomic E-state index is 0.0866. The van der Waals surface area contributed by atoms with Crippen LogP contribution in [0.25, 0.3) is 22.3 Å². The number of benzene rings is 1. The van der Waals surface area contributed by atoms with Crippen molar-refractivity contribution in [1.29, 1.82) is 5.26 Å². The zero-order valence-corrected chi connectivity index (χ0v) is 13.6. The first-order valence-electron chi connectivity index (χ1n) is 8.59. The molecule has 2 aromatic heterocycles. The van der Waals surface area contributed by atoms with E-state index < -0.39 is 0 Å². The fourth-order valence-corrected chi connectivity index (χ4v) is 3.70. The second-order valence-corrected chi connectivity index (χ2v) is 7.36. The molecule has 2 fully saturated rings. The number of fused-ring (bicyclic) bond motifs is 1. The summed E-state index contributed by atoms with van der Waals surface area (Å²) in [6.07, 6.45) is 4.67. The summed E-state index contributed by atoms with van der Waals surface area (Å²) in [5.74, 6) is 0.562. The molecule has 0 unspecified atom stereocenters. The van der Waals surface area contributed by atoms with Crippen molar-refractivity contribution >= 4 is 11.0 Å². The Labute approximate surface area is 140 Å². The molecule has 4 nitrogen and oxygen atoms in total. The van der Waals surface area contributed by atoms with Gasteiger partial charge in [-0.3, -0.25) is 5.10 Å². The summed E-state index contributed by atoms with van der Waals surface area (Å²) in [5, 5.41) is 18.8. The van der Waals surface area contributed by atoms with Crippen molar-refractivity contribution < 1.29 is 0 Å². The Kier molecular flexibility index (Phi) is 2.67. The van der Waals surface area contributed by atoms with Gasteiger partial charge in [-0.2, -0.15) is 10.4 Å². The van der Waals surface area contributed by atoms with Crippen LogP contribution < -0.4 is 0 Å². The molecule has 0 radical (unpaired) electrons. The van der Waals surface area contributed by atoms with Crippen LogP contribution in [0.2, 0.25) is 0 Å². The van der Waals surface area contributed by atoms with Crippen molar-refractivity contribution in [3.8, 4) is 17.3 Å². The third-order valence-electron chi connectivity index (χ3n) is 5.48. The summed E-state index contributed by atoms with van der Waals surface area (Å²) in [6.45, 7) is 2.26.